The van der Waals surface area contributed by atoms with Crippen molar-refractivity contribution >= 4 is 11.9 Å². The molecular formula is C20H20FNO4. The maximum absolute atomic E-state index is 13.7. The highest BCUT2D eigenvalue weighted by atomic mass is 19.1. The van der Waals surface area contributed by atoms with Crippen LogP contribution in [0.3, 0.4) is 0 Å². The van der Waals surface area contributed by atoms with Gasteiger partial charge in [-0.3, -0.25) is 4.79 Å². The number of carbonyl (C=O) groups excluding carboxylic acids is 1. The zero-order chi connectivity index (χ0) is 18.7. The van der Waals surface area contributed by atoms with Crippen molar-refractivity contribution in [2.24, 2.45) is 0 Å². The lowest BCUT2D eigenvalue weighted by molar-refractivity contribution is 0.0344. The van der Waals surface area contributed by atoms with Gasteiger partial charge in [-0.05, 0) is 61.2 Å². The highest BCUT2D eigenvalue weighted by molar-refractivity contribution is 5.98. The average molecular weight is 357 g/mol. The number of halogens is 1. The summed E-state index contributed by atoms with van der Waals surface area (Å²) in [6, 6.07) is 10.7. The minimum atomic E-state index is -1.09. The predicted molar refractivity (Wildman–Crippen MR) is 93.7 cm³/mol. The monoisotopic (exact) mass is 357 g/mol. The molecule has 1 heterocycles. The number of nitrogens with one attached hydrogen (secondary N) is 1. The molecule has 136 valence electrons. The van der Waals surface area contributed by atoms with Gasteiger partial charge < -0.3 is 15.2 Å². The fourth-order valence-corrected chi connectivity index (χ4v) is 3.32. The first-order valence-corrected chi connectivity index (χ1v) is 8.41. The summed E-state index contributed by atoms with van der Waals surface area (Å²) >= 11 is 0. The Morgan fingerprint density at radius 2 is 1.81 bits per heavy atom. The third-order valence-electron chi connectivity index (χ3n) is 4.66. The van der Waals surface area contributed by atoms with E-state index in [1.807, 2.05) is 0 Å². The molecule has 6 heteroatoms. The van der Waals surface area contributed by atoms with E-state index >= 15 is 0 Å². The lowest BCUT2D eigenvalue weighted by atomic mass is 9.82. The molecular weight excluding hydrogens is 337 g/mol. The van der Waals surface area contributed by atoms with E-state index in [9.17, 15) is 19.1 Å². The summed E-state index contributed by atoms with van der Waals surface area (Å²) in [5.74, 6) is -1.85. The van der Waals surface area contributed by atoms with E-state index in [-0.39, 0.29) is 22.9 Å². The number of rotatable bonds is 4. The molecule has 0 saturated carbocycles. The van der Waals surface area contributed by atoms with E-state index in [1.165, 1.54) is 24.3 Å². The minimum Gasteiger partial charge on any atom is -0.478 e. The van der Waals surface area contributed by atoms with Crippen molar-refractivity contribution in [3.05, 3.63) is 70.5 Å². The van der Waals surface area contributed by atoms with E-state index in [2.05, 4.69) is 5.32 Å². The summed E-state index contributed by atoms with van der Waals surface area (Å²) in [6.45, 7) is 2.63. The van der Waals surface area contributed by atoms with Crippen LogP contribution in [0.25, 0.3) is 0 Å². The van der Waals surface area contributed by atoms with Crippen molar-refractivity contribution in [3.63, 3.8) is 0 Å². The van der Waals surface area contributed by atoms with Crippen molar-refractivity contribution in [2.45, 2.75) is 25.3 Å². The lowest BCUT2D eigenvalue weighted by Gasteiger charge is -2.38. The van der Waals surface area contributed by atoms with Crippen LogP contribution >= 0.6 is 0 Å². The van der Waals surface area contributed by atoms with Gasteiger partial charge in [0.1, 0.15) is 5.82 Å². The fraction of sp³-hybridized carbons (Fsp3) is 0.300. The third kappa shape index (κ3) is 3.75. The number of hydrogen-bond acceptors (Lipinski definition) is 3. The van der Waals surface area contributed by atoms with Gasteiger partial charge in [0.25, 0.3) is 5.91 Å². The molecule has 0 aliphatic carbocycles. The number of ether oxygens (including phenoxy) is 1. The molecule has 3 rings (SSSR count). The number of carboxylic acids is 1. The molecule has 0 aromatic heterocycles. The number of aryl methyl sites for hydroxylation is 1. The predicted octanol–water partition coefficient (Wildman–Crippen LogP) is 3.27. The molecule has 5 nitrogen and oxygen atoms in total. The molecule has 1 fully saturated rings. The van der Waals surface area contributed by atoms with Crippen molar-refractivity contribution in [2.75, 3.05) is 13.2 Å². The summed E-state index contributed by atoms with van der Waals surface area (Å²) < 4.78 is 19.1. The molecule has 0 atom stereocenters. The average Bonchev–Trinajstić information content (AvgIpc) is 2.62. The van der Waals surface area contributed by atoms with Crippen LogP contribution in [0.15, 0.2) is 42.5 Å². The Bertz CT molecular complexity index is 843. The van der Waals surface area contributed by atoms with Crippen LogP contribution in [0, 0.1) is 12.7 Å². The zero-order valence-corrected chi connectivity index (χ0v) is 14.4. The summed E-state index contributed by atoms with van der Waals surface area (Å²) in [4.78, 5) is 24.1. The highest BCUT2D eigenvalue weighted by Crippen LogP contribution is 2.33. The SMILES string of the molecule is Cc1cc(C(=O)O)cc(C(=O)NC2(c3cccc(F)c3)CCOCC2)c1. The van der Waals surface area contributed by atoms with Crippen LogP contribution in [0.1, 0.15) is 44.7 Å². The van der Waals surface area contributed by atoms with E-state index in [1.54, 1.807) is 25.1 Å². The molecule has 2 aromatic rings. The molecule has 1 aliphatic heterocycles. The number of carbonyl (C=O) groups is 2. The Balaban J connectivity index is 1.95. The smallest absolute Gasteiger partial charge is 0.335 e. The first-order valence-electron chi connectivity index (χ1n) is 8.41. The standard InChI is InChI=1S/C20H20FNO4/c1-13-9-14(11-15(10-13)19(24)25)18(23)22-20(5-7-26-8-6-20)16-3-2-4-17(21)12-16/h2-4,9-12H,5-8H2,1H3,(H,22,23)(H,24,25). The summed E-state index contributed by atoms with van der Waals surface area (Å²) in [5, 5.41) is 12.2. The summed E-state index contributed by atoms with van der Waals surface area (Å²) in [5.41, 5.74) is 0.943. The number of carboxylic acid groups (broad SMARTS) is 1. The normalized spacial score (nSPS) is 16.1. The second-order valence-corrected chi connectivity index (χ2v) is 6.55. The van der Waals surface area contributed by atoms with Crippen LogP contribution in [-0.4, -0.2) is 30.2 Å². The second kappa shape index (κ2) is 7.25. The molecule has 0 bridgehead atoms. The molecule has 0 spiro atoms. The minimum absolute atomic E-state index is 0.0573. The third-order valence-corrected chi connectivity index (χ3v) is 4.66. The van der Waals surface area contributed by atoms with Crippen LogP contribution in [0.5, 0.6) is 0 Å². The van der Waals surface area contributed by atoms with Gasteiger partial charge in [-0.15, -0.1) is 0 Å². The maximum Gasteiger partial charge on any atom is 0.335 e. The largest absolute Gasteiger partial charge is 0.478 e. The van der Waals surface area contributed by atoms with Gasteiger partial charge in [-0.25, -0.2) is 9.18 Å². The molecule has 0 radical (unpaired) electrons. The Hall–Kier alpha value is -2.73. The van der Waals surface area contributed by atoms with Crippen LogP contribution in [-0.2, 0) is 10.3 Å². The number of hydrogen-bond donors (Lipinski definition) is 2. The van der Waals surface area contributed by atoms with Gasteiger partial charge in [0.05, 0.1) is 11.1 Å². The van der Waals surface area contributed by atoms with Crippen LogP contribution < -0.4 is 5.32 Å². The molecule has 2 N–H and O–H groups in total. The Morgan fingerprint density at radius 3 is 2.46 bits per heavy atom. The van der Waals surface area contributed by atoms with Gasteiger partial charge >= 0.3 is 5.97 Å². The Kier molecular flexibility index (Phi) is 5.04. The lowest BCUT2D eigenvalue weighted by Crippen LogP contribution is -2.49. The fourth-order valence-electron chi connectivity index (χ4n) is 3.32. The van der Waals surface area contributed by atoms with Gasteiger partial charge in [0.15, 0.2) is 0 Å². The number of aromatic carboxylic acids is 1. The highest BCUT2D eigenvalue weighted by Gasteiger charge is 2.36. The molecule has 0 unspecified atom stereocenters. The van der Waals surface area contributed by atoms with Gasteiger partial charge in [0, 0.05) is 18.8 Å². The topological polar surface area (TPSA) is 75.6 Å². The van der Waals surface area contributed by atoms with E-state index in [0.717, 1.165) is 0 Å². The van der Waals surface area contributed by atoms with E-state index in [4.69, 9.17) is 4.74 Å². The van der Waals surface area contributed by atoms with Crippen molar-refractivity contribution < 1.29 is 23.8 Å². The van der Waals surface area contributed by atoms with Gasteiger partial charge in [0.2, 0.25) is 0 Å². The number of benzene rings is 2. The molecule has 1 saturated heterocycles. The molecule has 26 heavy (non-hydrogen) atoms. The number of amides is 1. The first-order chi connectivity index (χ1) is 12.4. The summed E-state index contributed by atoms with van der Waals surface area (Å²) in [7, 11) is 0. The van der Waals surface area contributed by atoms with Crippen molar-refractivity contribution in [3.8, 4) is 0 Å². The Labute approximate surface area is 150 Å². The Morgan fingerprint density at radius 1 is 1.12 bits per heavy atom. The van der Waals surface area contributed by atoms with Crippen molar-refractivity contribution in [1.29, 1.82) is 0 Å². The van der Waals surface area contributed by atoms with Crippen LogP contribution in [0.2, 0.25) is 0 Å². The van der Waals surface area contributed by atoms with Gasteiger partial charge in [-0.1, -0.05) is 12.1 Å². The zero-order valence-electron chi connectivity index (χ0n) is 14.4. The van der Waals surface area contributed by atoms with E-state index < -0.39 is 11.5 Å². The molecule has 2 aromatic carbocycles. The first kappa shape index (κ1) is 18.1. The quantitative estimate of drug-likeness (QED) is 0.881. The molecule has 1 amide bonds. The van der Waals surface area contributed by atoms with E-state index in [0.29, 0.717) is 37.2 Å². The molecule has 1 aliphatic rings. The second-order valence-electron chi connectivity index (χ2n) is 6.55. The summed E-state index contributed by atoms with van der Waals surface area (Å²) in [6.07, 6.45) is 1.03. The van der Waals surface area contributed by atoms with Gasteiger partial charge in [-0.2, -0.15) is 0 Å². The van der Waals surface area contributed by atoms with Crippen molar-refractivity contribution in [1.82, 2.24) is 5.32 Å². The van der Waals surface area contributed by atoms with Crippen LogP contribution in [0.4, 0.5) is 4.39 Å². The maximum atomic E-state index is 13.7.